The molecular formula is C34H54O4. The molecule has 0 amide bonds. The van der Waals surface area contributed by atoms with Crippen molar-refractivity contribution in [1.82, 2.24) is 0 Å². The lowest BCUT2D eigenvalue weighted by Crippen LogP contribution is -2.59. The molecule has 0 aliphatic heterocycles. The van der Waals surface area contributed by atoms with E-state index in [2.05, 4.69) is 45.0 Å². The minimum atomic E-state index is -0.616. The van der Waals surface area contributed by atoms with Crippen LogP contribution in [0, 0.1) is 40.4 Å². The van der Waals surface area contributed by atoms with Crippen molar-refractivity contribution in [2.45, 2.75) is 129 Å². The molecular weight excluding hydrogens is 472 g/mol. The Bertz CT molecular complexity index is 901. The van der Waals surface area contributed by atoms with E-state index in [1.807, 2.05) is 6.07 Å². The SMILES string of the molecule is C[C@]12CC[C@H](O)C[C@@H]1[C@@H](O)C[C@@H]1[C@@H]2CC[C@@]2(C)[C@H]1CC[C@@H]2[C@@](C)(O)CCCCCCOCc1ccccc1. The van der Waals surface area contributed by atoms with E-state index in [4.69, 9.17) is 4.74 Å². The number of unbranched alkanes of at least 4 members (excludes halogenated alkanes) is 3. The first-order valence-electron chi connectivity index (χ1n) is 15.9. The topological polar surface area (TPSA) is 69.9 Å². The van der Waals surface area contributed by atoms with Gasteiger partial charge in [-0.3, -0.25) is 0 Å². The van der Waals surface area contributed by atoms with Gasteiger partial charge in [0.25, 0.3) is 0 Å². The van der Waals surface area contributed by atoms with Gasteiger partial charge in [-0.05, 0) is 117 Å². The van der Waals surface area contributed by atoms with Crippen molar-refractivity contribution >= 4 is 0 Å². The average molecular weight is 527 g/mol. The average Bonchev–Trinajstić information content (AvgIpc) is 3.26. The maximum absolute atomic E-state index is 11.8. The molecule has 4 aliphatic rings. The van der Waals surface area contributed by atoms with Crippen LogP contribution in [0.1, 0.15) is 110 Å². The van der Waals surface area contributed by atoms with Crippen LogP contribution in [0.15, 0.2) is 30.3 Å². The Balaban J connectivity index is 1.11. The zero-order valence-corrected chi connectivity index (χ0v) is 24.3. The fourth-order valence-electron chi connectivity index (χ4n) is 10.3. The third-order valence-corrected chi connectivity index (χ3v) is 12.2. The second-order valence-electron chi connectivity index (χ2n) is 14.5. The first kappa shape index (κ1) is 28.6. The highest BCUT2D eigenvalue weighted by atomic mass is 16.5. The number of hydrogen-bond acceptors (Lipinski definition) is 4. The van der Waals surface area contributed by atoms with E-state index in [0.717, 1.165) is 70.8 Å². The number of benzene rings is 1. The molecule has 10 atom stereocenters. The standard InChI is InChI=1S/C34H54O4/c1-32-18-15-25(35)21-29(32)30(36)22-26-27-13-14-31(33(27,2)19-16-28(26)32)34(3,37)17-9-4-5-10-20-38-23-24-11-7-6-8-12-24/h6-8,11-12,25-31,35-37H,4-5,9-10,13-23H2,1-3H3/t25-,26-,27-,28-,29+,30-,31-,32+,33-,34-/m0/s1. The molecule has 5 rings (SSSR count). The van der Waals surface area contributed by atoms with Gasteiger partial charge in [0.1, 0.15) is 0 Å². The van der Waals surface area contributed by atoms with Crippen LogP contribution in [-0.2, 0) is 11.3 Å². The van der Waals surface area contributed by atoms with Crippen molar-refractivity contribution in [2.24, 2.45) is 40.4 Å². The maximum Gasteiger partial charge on any atom is 0.0716 e. The third kappa shape index (κ3) is 5.49. The highest BCUT2D eigenvalue weighted by Gasteiger charge is 2.63. The van der Waals surface area contributed by atoms with Crippen molar-refractivity contribution in [3.05, 3.63) is 35.9 Å². The van der Waals surface area contributed by atoms with Gasteiger partial charge in [-0.2, -0.15) is 0 Å². The van der Waals surface area contributed by atoms with Crippen LogP contribution in [0.2, 0.25) is 0 Å². The van der Waals surface area contributed by atoms with Crippen LogP contribution < -0.4 is 0 Å². The zero-order valence-electron chi connectivity index (χ0n) is 24.3. The van der Waals surface area contributed by atoms with Crippen LogP contribution in [0.3, 0.4) is 0 Å². The van der Waals surface area contributed by atoms with E-state index >= 15 is 0 Å². The summed E-state index contributed by atoms with van der Waals surface area (Å²) in [5.74, 6) is 2.44. The van der Waals surface area contributed by atoms with Crippen molar-refractivity contribution < 1.29 is 20.1 Å². The van der Waals surface area contributed by atoms with Crippen molar-refractivity contribution in [3.63, 3.8) is 0 Å². The number of rotatable bonds is 10. The lowest BCUT2D eigenvalue weighted by Gasteiger charge is -2.62. The Morgan fingerprint density at radius 3 is 2.34 bits per heavy atom. The summed E-state index contributed by atoms with van der Waals surface area (Å²) in [7, 11) is 0. The van der Waals surface area contributed by atoms with Gasteiger partial charge in [0.2, 0.25) is 0 Å². The molecule has 4 nitrogen and oxygen atoms in total. The normalized spacial score (nSPS) is 42.1. The molecule has 4 fully saturated rings. The predicted molar refractivity (Wildman–Crippen MR) is 152 cm³/mol. The summed E-state index contributed by atoms with van der Waals surface area (Å²) in [6.45, 7) is 8.53. The Kier molecular flexibility index (Phi) is 8.66. The van der Waals surface area contributed by atoms with Gasteiger partial charge in [-0.25, -0.2) is 0 Å². The highest BCUT2D eigenvalue weighted by Crippen LogP contribution is 2.68. The summed E-state index contributed by atoms with van der Waals surface area (Å²) >= 11 is 0. The number of ether oxygens (including phenoxy) is 1. The smallest absolute Gasteiger partial charge is 0.0716 e. The first-order chi connectivity index (χ1) is 18.1. The summed E-state index contributed by atoms with van der Waals surface area (Å²) in [5, 5.41) is 33.4. The molecule has 0 saturated heterocycles. The van der Waals surface area contributed by atoms with Gasteiger partial charge in [0, 0.05) is 6.61 Å². The summed E-state index contributed by atoms with van der Waals surface area (Å²) in [6.07, 6.45) is 13.2. The van der Waals surface area contributed by atoms with Crippen molar-refractivity contribution in [1.29, 1.82) is 0 Å². The Morgan fingerprint density at radius 1 is 0.842 bits per heavy atom. The fourth-order valence-corrected chi connectivity index (χ4v) is 10.3. The van der Waals surface area contributed by atoms with Crippen LogP contribution >= 0.6 is 0 Å². The zero-order chi connectivity index (χ0) is 27.0. The van der Waals surface area contributed by atoms with E-state index in [-0.39, 0.29) is 29.0 Å². The quantitative estimate of drug-likeness (QED) is 0.290. The van der Waals surface area contributed by atoms with Gasteiger partial charge in [0.05, 0.1) is 24.4 Å². The van der Waals surface area contributed by atoms with E-state index in [0.29, 0.717) is 30.3 Å². The monoisotopic (exact) mass is 526 g/mol. The van der Waals surface area contributed by atoms with Crippen molar-refractivity contribution in [2.75, 3.05) is 6.61 Å². The lowest BCUT2D eigenvalue weighted by atomic mass is 9.43. The Morgan fingerprint density at radius 2 is 1.55 bits per heavy atom. The highest BCUT2D eigenvalue weighted by molar-refractivity contribution is 5.14. The molecule has 1 aromatic carbocycles. The largest absolute Gasteiger partial charge is 0.393 e. The molecule has 0 heterocycles. The minimum Gasteiger partial charge on any atom is -0.393 e. The number of aliphatic hydroxyl groups excluding tert-OH is 2. The maximum atomic E-state index is 11.8. The van der Waals surface area contributed by atoms with Gasteiger partial charge in [0.15, 0.2) is 0 Å². The van der Waals surface area contributed by atoms with Crippen molar-refractivity contribution in [3.8, 4) is 0 Å². The third-order valence-electron chi connectivity index (χ3n) is 12.2. The molecule has 0 spiro atoms. The molecule has 4 saturated carbocycles. The van der Waals surface area contributed by atoms with E-state index in [1.54, 1.807) is 0 Å². The predicted octanol–water partition coefficient (Wildman–Crippen LogP) is 6.90. The molecule has 4 heteroatoms. The summed E-state index contributed by atoms with van der Waals surface area (Å²) in [4.78, 5) is 0. The molecule has 214 valence electrons. The summed E-state index contributed by atoms with van der Waals surface area (Å²) in [6, 6.07) is 10.4. The Hall–Kier alpha value is -0.940. The number of hydrogen-bond donors (Lipinski definition) is 3. The second-order valence-corrected chi connectivity index (χ2v) is 14.5. The Labute approximate surface area is 231 Å². The summed E-state index contributed by atoms with van der Waals surface area (Å²) < 4.78 is 5.84. The fraction of sp³-hybridized carbons (Fsp3) is 0.824. The molecule has 4 aliphatic carbocycles. The van der Waals surface area contributed by atoms with Gasteiger partial charge in [-0.1, -0.05) is 63.4 Å². The molecule has 3 N–H and O–H groups in total. The molecule has 0 bridgehead atoms. The van der Waals surface area contributed by atoms with Crippen LogP contribution in [0.25, 0.3) is 0 Å². The number of aliphatic hydroxyl groups is 3. The van der Waals surface area contributed by atoms with E-state index in [9.17, 15) is 15.3 Å². The molecule has 0 aromatic heterocycles. The molecule has 1 aromatic rings. The van der Waals surface area contributed by atoms with Crippen LogP contribution in [0.5, 0.6) is 0 Å². The van der Waals surface area contributed by atoms with E-state index < -0.39 is 5.60 Å². The second kappa shape index (κ2) is 11.5. The molecule has 0 radical (unpaired) electrons. The van der Waals surface area contributed by atoms with Gasteiger partial charge < -0.3 is 20.1 Å². The molecule has 38 heavy (non-hydrogen) atoms. The van der Waals surface area contributed by atoms with E-state index in [1.165, 1.54) is 24.8 Å². The molecule has 0 unspecified atom stereocenters. The van der Waals surface area contributed by atoms with Crippen LogP contribution in [0.4, 0.5) is 0 Å². The van der Waals surface area contributed by atoms with Gasteiger partial charge >= 0.3 is 0 Å². The lowest BCUT2D eigenvalue weighted by molar-refractivity contribution is -0.179. The minimum absolute atomic E-state index is 0.161. The first-order valence-corrected chi connectivity index (χ1v) is 15.9. The van der Waals surface area contributed by atoms with Crippen LogP contribution in [-0.4, -0.2) is 39.7 Å². The number of fused-ring (bicyclic) bond motifs is 5. The van der Waals surface area contributed by atoms with Gasteiger partial charge in [-0.15, -0.1) is 0 Å². The summed E-state index contributed by atoms with van der Waals surface area (Å²) in [5.41, 5.74) is 0.950.